The van der Waals surface area contributed by atoms with Crippen LogP contribution < -0.4 is 4.74 Å². The first-order chi connectivity index (χ1) is 8.83. The molecule has 5 nitrogen and oxygen atoms in total. The van der Waals surface area contributed by atoms with E-state index in [0.717, 1.165) is 5.56 Å². The van der Waals surface area contributed by atoms with Gasteiger partial charge in [0.25, 0.3) is 0 Å². The Morgan fingerprint density at radius 1 is 1.22 bits per heavy atom. The molecule has 1 aromatic carbocycles. The molecule has 0 aliphatic rings. The molecule has 0 fully saturated rings. The van der Waals surface area contributed by atoms with Crippen LogP contribution in [0.25, 0.3) is 0 Å². The maximum atomic E-state index is 10.5. The highest BCUT2D eigenvalue weighted by molar-refractivity contribution is 5.73. The van der Waals surface area contributed by atoms with Crippen molar-refractivity contribution in [1.29, 1.82) is 0 Å². The number of para-hydroxylation sites is 1. The minimum atomic E-state index is 0.0469. The van der Waals surface area contributed by atoms with Gasteiger partial charge in [-0.25, -0.2) is 9.97 Å². The molecule has 92 valence electrons. The van der Waals surface area contributed by atoms with E-state index in [-0.39, 0.29) is 12.6 Å². The van der Waals surface area contributed by atoms with Crippen LogP contribution in [-0.2, 0) is 6.42 Å². The molecule has 2 aromatic rings. The number of rotatable bonds is 5. The monoisotopic (exact) mass is 244 g/mol. The maximum absolute atomic E-state index is 10.5. The molecule has 0 aliphatic carbocycles. The summed E-state index contributed by atoms with van der Waals surface area (Å²) in [7, 11) is 0. The van der Waals surface area contributed by atoms with Gasteiger partial charge in [-0.1, -0.05) is 18.2 Å². The van der Waals surface area contributed by atoms with Gasteiger partial charge in [0, 0.05) is 19.0 Å². The summed E-state index contributed by atoms with van der Waals surface area (Å²) in [5.74, 6) is 0.602. The van der Waals surface area contributed by atoms with Crippen LogP contribution in [0.4, 0.5) is 0 Å². The van der Waals surface area contributed by atoms with E-state index >= 15 is 0 Å². The Labute approximate surface area is 104 Å². The molecule has 0 saturated carbocycles. The fourth-order valence-corrected chi connectivity index (χ4v) is 1.47. The van der Waals surface area contributed by atoms with Gasteiger partial charge in [-0.15, -0.1) is 0 Å². The van der Waals surface area contributed by atoms with Crippen molar-refractivity contribution < 1.29 is 14.6 Å². The number of aliphatic hydroxyl groups excluding tert-OH is 1. The van der Waals surface area contributed by atoms with Crippen molar-refractivity contribution in [2.75, 3.05) is 6.61 Å². The van der Waals surface area contributed by atoms with Gasteiger partial charge in [0.05, 0.1) is 5.56 Å². The first-order valence-electron chi connectivity index (χ1n) is 5.47. The number of carbonyl (C=O) groups is 1. The number of nitrogens with zero attached hydrogens (tertiary/aromatic N) is 2. The molecule has 18 heavy (non-hydrogen) atoms. The zero-order valence-electron chi connectivity index (χ0n) is 9.61. The van der Waals surface area contributed by atoms with Crippen LogP contribution in [0.2, 0.25) is 0 Å². The molecule has 0 unspecified atom stereocenters. The predicted octanol–water partition coefficient (Wildman–Crippen LogP) is 1.62. The first kappa shape index (κ1) is 12.2. The van der Waals surface area contributed by atoms with Gasteiger partial charge in [0.1, 0.15) is 5.75 Å². The Hall–Kier alpha value is -2.27. The predicted molar refractivity (Wildman–Crippen MR) is 64.7 cm³/mol. The molecule has 2 rings (SSSR count). The average Bonchev–Trinajstić information content (AvgIpc) is 2.42. The van der Waals surface area contributed by atoms with Gasteiger partial charge < -0.3 is 9.84 Å². The highest BCUT2D eigenvalue weighted by Gasteiger charge is 2.05. The third-order valence-electron chi connectivity index (χ3n) is 2.34. The molecular formula is C13H12N2O3. The second kappa shape index (κ2) is 5.88. The van der Waals surface area contributed by atoms with Crippen LogP contribution in [0.1, 0.15) is 15.9 Å². The number of benzene rings is 1. The number of aliphatic hydroxyl groups is 1. The maximum Gasteiger partial charge on any atom is 0.321 e. The van der Waals surface area contributed by atoms with Gasteiger partial charge >= 0.3 is 6.01 Å². The largest absolute Gasteiger partial charge is 0.424 e. The molecule has 1 N–H and O–H groups in total. The molecule has 0 saturated heterocycles. The van der Waals surface area contributed by atoms with Crippen molar-refractivity contribution in [2.45, 2.75) is 6.42 Å². The van der Waals surface area contributed by atoms with Crippen LogP contribution in [0.3, 0.4) is 0 Å². The van der Waals surface area contributed by atoms with E-state index in [4.69, 9.17) is 9.84 Å². The summed E-state index contributed by atoms with van der Waals surface area (Å²) in [6.07, 6.45) is 3.96. The quantitative estimate of drug-likeness (QED) is 0.809. The van der Waals surface area contributed by atoms with Crippen molar-refractivity contribution in [3.05, 3.63) is 47.8 Å². The number of carbonyl (C=O) groups excluding carboxylic acids is 1. The van der Waals surface area contributed by atoms with Crippen LogP contribution in [0.5, 0.6) is 11.8 Å². The molecule has 5 heteroatoms. The molecule has 0 amide bonds. The summed E-state index contributed by atoms with van der Waals surface area (Å²) in [5, 5.41) is 8.95. The number of hydrogen-bond donors (Lipinski definition) is 1. The molecule has 0 bridgehead atoms. The van der Waals surface area contributed by atoms with Crippen LogP contribution in [-0.4, -0.2) is 28.0 Å². The third kappa shape index (κ3) is 2.89. The molecule has 1 heterocycles. The second-order valence-corrected chi connectivity index (χ2v) is 3.60. The lowest BCUT2D eigenvalue weighted by Crippen LogP contribution is -1.98. The Morgan fingerprint density at radius 3 is 2.61 bits per heavy atom. The first-order valence-corrected chi connectivity index (χ1v) is 5.47. The van der Waals surface area contributed by atoms with Crippen molar-refractivity contribution in [3.8, 4) is 11.8 Å². The fraction of sp³-hybridized carbons (Fsp3) is 0.154. The minimum Gasteiger partial charge on any atom is -0.424 e. The van der Waals surface area contributed by atoms with Crippen molar-refractivity contribution in [3.63, 3.8) is 0 Å². The lowest BCUT2D eigenvalue weighted by atomic mass is 10.1. The molecule has 0 radical (unpaired) electrons. The van der Waals surface area contributed by atoms with Crippen LogP contribution >= 0.6 is 0 Å². The summed E-state index contributed by atoms with van der Waals surface area (Å²) in [6.45, 7) is 0.0469. The Balaban J connectivity index is 2.19. The zero-order valence-corrected chi connectivity index (χ0v) is 9.61. The van der Waals surface area contributed by atoms with Crippen LogP contribution in [0, 0.1) is 0 Å². The van der Waals surface area contributed by atoms with E-state index in [1.807, 2.05) is 18.2 Å². The summed E-state index contributed by atoms with van der Waals surface area (Å²) >= 11 is 0. The smallest absolute Gasteiger partial charge is 0.321 e. The zero-order chi connectivity index (χ0) is 12.8. The molecule has 0 aliphatic heterocycles. The number of hydrogen-bond acceptors (Lipinski definition) is 5. The van der Waals surface area contributed by atoms with Crippen LogP contribution in [0.15, 0.2) is 36.7 Å². The molecule has 0 spiro atoms. The SMILES string of the molecule is O=Cc1cnc(Oc2ccccc2CCO)nc1. The van der Waals surface area contributed by atoms with E-state index < -0.39 is 0 Å². The second-order valence-electron chi connectivity index (χ2n) is 3.60. The normalized spacial score (nSPS) is 10.1. The van der Waals surface area contributed by atoms with Gasteiger partial charge in [0.15, 0.2) is 6.29 Å². The van der Waals surface area contributed by atoms with E-state index in [9.17, 15) is 4.79 Å². The van der Waals surface area contributed by atoms with E-state index in [1.54, 1.807) is 6.07 Å². The standard InChI is InChI=1S/C13H12N2O3/c16-6-5-11-3-1-2-4-12(11)18-13-14-7-10(9-17)8-15-13/h1-4,7-9,16H,5-6H2. The van der Waals surface area contributed by atoms with Crippen molar-refractivity contribution >= 4 is 6.29 Å². The summed E-state index contributed by atoms with van der Waals surface area (Å²) in [5.41, 5.74) is 1.27. The van der Waals surface area contributed by atoms with Gasteiger partial charge in [-0.05, 0) is 18.1 Å². The number of aldehydes is 1. The number of ether oxygens (including phenoxy) is 1. The van der Waals surface area contributed by atoms with Crippen molar-refractivity contribution in [2.24, 2.45) is 0 Å². The molecule has 0 atom stereocenters. The topological polar surface area (TPSA) is 72.3 Å². The van der Waals surface area contributed by atoms with E-state index in [1.165, 1.54) is 12.4 Å². The summed E-state index contributed by atoms with van der Waals surface area (Å²) in [6, 6.07) is 7.52. The lowest BCUT2D eigenvalue weighted by Gasteiger charge is -2.08. The van der Waals surface area contributed by atoms with Crippen molar-refractivity contribution in [1.82, 2.24) is 9.97 Å². The summed E-state index contributed by atoms with van der Waals surface area (Å²) in [4.78, 5) is 18.3. The molecular weight excluding hydrogens is 232 g/mol. The van der Waals surface area contributed by atoms with Gasteiger partial charge in [-0.3, -0.25) is 4.79 Å². The highest BCUT2D eigenvalue weighted by Crippen LogP contribution is 2.22. The Kier molecular flexibility index (Phi) is 3.98. The summed E-state index contributed by atoms with van der Waals surface area (Å²) < 4.78 is 5.51. The van der Waals surface area contributed by atoms with E-state index in [0.29, 0.717) is 24.0 Å². The van der Waals surface area contributed by atoms with Gasteiger partial charge in [0.2, 0.25) is 0 Å². The highest BCUT2D eigenvalue weighted by atomic mass is 16.5. The van der Waals surface area contributed by atoms with E-state index in [2.05, 4.69) is 9.97 Å². The lowest BCUT2D eigenvalue weighted by molar-refractivity contribution is 0.112. The average molecular weight is 244 g/mol. The fourth-order valence-electron chi connectivity index (χ4n) is 1.47. The third-order valence-corrected chi connectivity index (χ3v) is 2.34. The molecule has 1 aromatic heterocycles. The Bertz CT molecular complexity index is 526. The number of aromatic nitrogens is 2. The Morgan fingerprint density at radius 2 is 1.94 bits per heavy atom. The van der Waals surface area contributed by atoms with Gasteiger partial charge in [-0.2, -0.15) is 0 Å². The minimum absolute atomic E-state index is 0.0469.